The smallest absolute Gasteiger partial charge is 0.312 e. The van der Waals surface area contributed by atoms with Crippen LogP contribution in [0.2, 0.25) is 0 Å². The van der Waals surface area contributed by atoms with E-state index in [2.05, 4.69) is 5.32 Å². The molecule has 3 nitrogen and oxygen atoms in total. The summed E-state index contributed by atoms with van der Waals surface area (Å²) in [5, 5.41) is 11.7. The van der Waals surface area contributed by atoms with Gasteiger partial charge in [0.15, 0.2) is 0 Å². The van der Waals surface area contributed by atoms with Crippen LogP contribution in [0.5, 0.6) is 0 Å². The first-order valence-electron chi connectivity index (χ1n) is 6.05. The molecule has 2 aromatic rings. The number of rotatable bonds is 5. The number of anilines is 1. The van der Waals surface area contributed by atoms with E-state index in [1.807, 2.05) is 0 Å². The zero-order valence-electron chi connectivity index (χ0n) is 10.5. The molecule has 5 heteroatoms. The van der Waals surface area contributed by atoms with Gasteiger partial charge in [-0.05, 0) is 17.7 Å². The molecule has 2 rings (SSSR count). The lowest BCUT2D eigenvalue weighted by Gasteiger charge is -2.15. The molecular weight excluding hydrogens is 264 g/mol. The Hall–Kier alpha value is -2.43. The monoisotopic (exact) mass is 277 g/mol. The van der Waals surface area contributed by atoms with Crippen LogP contribution >= 0.6 is 0 Å². The van der Waals surface area contributed by atoms with Crippen molar-refractivity contribution in [2.24, 2.45) is 0 Å². The fourth-order valence-corrected chi connectivity index (χ4v) is 1.90. The number of para-hydroxylation sites is 1. The second kappa shape index (κ2) is 6.14. The first-order valence-corrected chi connectivity index (χ1v) is 6.05. The van der Waals surface area contributed by atoms with E-state index in [1.165, 1.54) is 6.07 Å². The summed E-state index contributed by atoms with van der Waals surface area (Å²) >= 11 is 0. The molecule has 0 aliphatic rings. The maximum atomic E-state index is 13.5. The van der Waals surface area contributed by atoms with Crippen LogP contribution in [0.3, 0.4) is 0 Å². The van der Waals surface area contributed by atoms with Crippen LogP contribution in [0, 0.1) is 11.6 Å². The number of hydrogen-bond acceptors (Lipinski definition) is 2. The molecule has 0 amide bonds. The van der Waals surface area contributed by atoms with E-state index in [1.54, 1.807) is 30.3 Å². The van der Waals surface area contributed by atoms with E-state index in [0.717, 1.165) is 12.1 Å². The summed E-state index contributed by atoms with van der Waals surface area (Å²) in [5.74, 6) is -3.43. The number of benzene rings is 2. The number of carboxylic acids is 1. The molecule has 0 heterocycles. The van der Waals surface area contributed by atoms with Crippen LogP contribution in [-0.4, -0.2) is 17.6 Å². The van der Waals surface area contributed by atoms with Crippen LogP contribution in [0.15, 0.2) is 48.5 Å². The zero-order chi connectivity index (χ0) is 14.5. The van der Waals surface area contributed by atoms with Gasteiger partial charge >= 0.3 is 5.97 Å². The minimum Gasteiger partial charge on any atom is -0.481 e. The molecule has 0 aromatic heterocycles. The molecule has 2 N–H and O–H groups in total. The molecular formula is C15H13F2NO2. The lowest BCUT2D eigenvalue weighted by molar-refractivity contribution is -0.138. The molecule has 1 atom stereocenters. The molecule has 0 spiro atoms. The number of aliphatic carboxylic acids is 1. The standard InChI is InChI=1S/C15H13F2NO2/c16-12-7-4-8-13(17)14(12)18-9-11(15(19)20)10-5-2-1-3-6-10/h1-8,11,18H,9H2,(H,19,20). The van der Waals surface area contributed by atoms with E-state index in [9.17, 15) is 18.7 Å². The first kappa shape index (κ1) is 14.0. The highest BCUT2D eigenvalue weighted by molar-refractivity contribution is 5.77. The van der Waals surface area contributed by atoms with Gasteiger partial charge in [0.25, 0.3) is 0 Å². The summed E-state index contributed by atoms with van der Waals surface area (Å²) in [6.45, 7) is -0.100. The summed E-state index contributed by atoms with van der Waals surface area (Å²) in [7, 11) is 0. The summed E-state index contributed by atoms with van der Waals surface area (Å²) in [6.07, 6.45) is 0. The largest absolute Gasteiger partial charge is 0.481 e. The fraction of sp³-hybridized carbons (Fsp3) is 0.133. The number of halogens is 2. The zero-order valence-corrected chi connectivity index (χ0v) is 10.5. The Balaban J connectivity index is 2.17. The average Bonchev–Trinajstić information content (AvgIpc) is 2.43. The highest BCUT2D eigenvalue weighted by Gasteiger charge is 2.20. The summed E-state index contributed by atoms with van der Waals surface area (Å²) in [6, 6.07) is 12.0. The van der Waals surface area contributed by atoms with Crippen molar-refractivity contribution in [3.8, 4) is 0 Å². The predicted molar refractivity (Wildman–Crippen MR) is 71.7 cm³/mol. The van der Waals surface area contributed by atoms with Crippen molar-refractivity contribution < 1.29 is 18.7 Å². The van der Waals surface area contributed by atoms with Gasteiger partial charge in [-0.2, -0.15) is 0 Å². The van der Waals surface area contributed by atoms with E-state index in [-0.39, 0.29) is 12.2 Å². The number of carboxylic acid groups (broad SMARTS) is 1. The lowest BCUT2D eigenvalue weighted by atomic mass is 9.99. The van der Waals surface area contributed by atoms with Crippen LogP contribution in [0.1, 0.15) is 11.5 Å². The van der Waals surface area contributed by atoms with E-state index in [4.69, 9.17) is 0 Å². The molecule has 0 radical (unpaired) electrons. The number of carbonyl (C=O) groups is 1. The molecule has 2 aromatic carbocycles. The fourth-order valence-electron chi connectivity index (χ4n) is 1.90. The SMILES string of the molecule is O=C(O)C(CNc1c(F)cccc1F)c1ccccc1. The van der Waals surface area contributed by atoms with Crippen LogP contribution < -0.4 is 5.32 Å². The summed E-state index contributed by atoms with van der Waals surface area (Å²) in [4.78, 5) is 11.3. The third kappa shape index (κ3) is 3.12. The Morgan fingerprint density at radius 3 is 2.20 bits per heavy atom. The van der Waals surface area contributed by atoms with Gasteiger partial charge < -0.3 is 10.4 Å². The van der Waals surface area contributed by atoms with Crippen molar-refractivity contribution in [2.45, 2.75) is 5.92 Å². The van der Waals surface area contributed by atoms with Gasteiger partial charge in [0.1, 0.15) is 17.3 Å². The van der Waals surface area contributed by atoms with Gasteiger partial charge in [-0.25, -0.2) is 8.78 Å². The van der Waals surface area contributed by atoms with Gasteiger partial charge in [-0.3, -0.25) is 4.79 Å². The Morgan fingerprint density at radius 2 is 1.65 bits per heavy atom. The minimum absolute atomic E-state index is 0.100. The molecule has 104 valence electrons. The normalized spacial score (nSPS) is 11.9. The van der Waals surface area contributed by atoms with Crippen molar-refractivity contribution in [3.63, 3.8) is 0 Å². The first-order chi connectivity index (χ1) is 9.59. The van der Waals surface area contributed by atoms with E-state index in [0.29, 0.717) is 5.56 Å². The van der Waals surface area contributed by atoms with Crippen molar-refractivity contribution in [1.82, 2.24) is 0 Å². The minimum atomic E-state index is -1.06. The predicted octanol–water partition coefficient (Wildman–Crippen LogP) is 3.25. The lowest BCUT2D eigenvalue weighted by Crippen LogP contribution is -2.21. The Kier molecular flexibility index (Phi) is 4.30. The summed E-state index contributed by atoms with van der Waals surface area (Å²) < 4.78 is 26.9. The quantitative estimate of drug-likeness (QED) is 0.882. The Labute approximate surface area is 114 Å². The van der Waals surface area contributed by atoms with E-state index >= 15 is 0 Å². The maximum Gasteiger partial charge on any atom is 0.312 e. The van der Waals surface area contributed by atoms with Crippen molar-refractivity contribution in [2.75, 3.05) is 11.9 Å². The second-order valence-electron chi connectivity index (χ2n) is 4.28. The molecule has 0 fully saturated rings. The molecule has 0 saturated carbocycles. The van der Waals surface area contributed by atoms with Crippen molar-refractivity contribution in [3.05, 3.63) is 65.7 Å². The highest BCUT2D eigenvalue weighted by atomic mass is 19.1. The van der Waals surface area contributed by atoms with Gasteiger partial charge in [0, 0.05) is 6.54 Å². The van der Waals surface area contributed by atoms with E-state index < -0.39 is 23.5 Å². The van der Waals surface area contributed by atoms with Gasteiger partial charge in [-0.1, -0.05) is 36.4 Å². The maximum absolute atomic E-state index is 13.5. The van der Waals surface area contributed by atoms with Crippen LogP contribution in [-0.2, 0) is 4.79 Å². The van der Waals surface area contributed by atoms with Crippen molar-refractivity contribution in [1.29, 1.82) is 0 Å². The molecule has 0 bridgehead atoms. The number of nitrogens with one attached hydrogen (secondary N) is 1. The third-order valence-electron chi connectivity index (χ3n) is 2.95. The van der Waals surface area contributed by atoms with Gasteiger partial charge in [0.05, 0.1) is 5.92 Å². The van der Waals surface area contributed by atoms with Crippen LogP contribution in [0.25, 0.3) is 0 Å². The molecule has 0 saturated heterocycles. The Morgan fingerprint density at radius 1 is 1.05 bits per heavy atom. The molecule has 0 aliphatic carbocycles. The molecule has 0 aliphatic heterocycles. The van der Waals surface area contributed by atoms with Crippen molar-refractivity contribution >= 4 is 11.7 Å². The topological polar surface area (TPSA) is 49.3 Å². The Bertz CT molecular complexity index is 582. The van der Waals surface area contributed by atoms with Gasteiger partial charge in [0.2, 0.25) is 0 Å². The molecule has 20 heavy (non-hydrogen) atoms. The number of hydrogen-bond donors (Lipinski definition) is 2. The summed E-state index contributed by atoms with van der Waals surface area (Å²) in [5.41, 5.74) is 0.263. The highest BCUT2D eigenvalue weighted by Crippen LogP contribution is 2.21. The molecule has 1 unspecified atom stereocenters. The third-order valence-corrected chi connectivity index (χ3v) is 2.95. The van der Waals surface area contributed by atoms with Gasteiger partial charge in [-0.15, -0.1) is 0 Å². The van der Waals surface area contributed by atoms with Crippen LogP contribution in [0.4, 0.5) is 14.5 Å². The second-order valence-corrected chi connectivity index (χ2v) is 4.28. The average molecular weight is 277 g/mol.